The quantitative estimate of drug-likeness (QED) is 0.501. The minimum absolute atomic E-state index is 0.0897. The predicted octanol–water partition coefficient (Wildman–Crippen LogP) is 4.37. The number of guanidine groups is 1. The summed E-state index contributed by atoms with van der Waals surface area (Å²) < 4.78 is 0. The molecule has 1 amide bonds. The van der Waals surface area contributed by atoms with E-state index in [-0.39, 0.29) is 11.9 Å². The van der Waals surface area contributed by atoms with Crippen LogP contribution in [0.1, 0.15) is 89.9 Å². The maximum absolute atomic E-state index is 12.4. The van der Waals surface area contributed by atoms with Gasteiger partial charge in [0.2, 0.25) is 5.91 Å². The van der Waals surface area contributed by atoms with Crippen LogP contribution in [-0.4, -0.2) is 54.4 Å². The number of amides is 1. The third-order valence-electron chi connectivity index (χ3n) is 7.41. The molecule has 3 aliphatic rings. The van der Waals surface area contributed by atoms with Gasteiger partial charge in [-0.3, -0.25) is 15.1 Å². The normalized spacial score (nSPS) is 26.9. The summed E-state index contributed by atoms with van der Waals surface area (Å²) in [7, 11) is 1.76. The number of likely N-dealkylation sites (tertiary alicyclic amines) is 1. The van der Waals surface area contributed by atoms with Gasteiger partial charge in [-0.2, -0.15) is 0 Å². The fourth-order valence-electron chi connectivity index (χ4n) is 5.56. The Kier molecular flexibility index (Phi) is 8.63. The first kappa shape index (κ1) is 21.6. The Morgan fingerprint density at radius 3 is 2.46 bits per heavy atom. The lowest BCUT2D eigenvalue weighted by Gasteiger charge is -2.35. The summed E-state index contributed by atoms with van der Waals surface area (Å²) in [4.78, 5) is 16.7. The van der Waals surface area contributed by atoms with Crippen molar-refractivity contribution < 1.29 is 4.79 Å². The summed E-state index contributed by atoms with van der Waals surface area (Å²) in [6.07, 6.45) is 17.4. The standard InChI is InChI=1S/C23H42N4O/c1-26(22(28)14-8-11-19-9-3-2-4-10-19)23(24)25-18-20-12-7-13-21(17-20)27-15-5-6-16-27/h19-21H,2-18H2,1H3,(H2,24,25)/t20-,21-/m1/s1. The summed E-state index contributed by atoms with van der Waals surface area (Å²) in [5.41, 5.74) is 0. The zero-order valence-corrected chi connectivity index (χ0v) is 18.1. The van der Waals surface area contributed by atoms with Gasteiger partial charge in [0.1, 0.15) is 0 Å². The van der Waals surface area contributed by atoms with Crippen molar-refractivity contribution in [3.8, 4) is 0 Å². The monoisotopic (exact) mass is 390 g/mol. The van der Waals surface area contributed by atoms with Crippen LogP contribution in [0.15, 0.2) is 0 Å². The molecule has 0 aromatic rings. The molecule has 0 aromatic carbocycles. The molecular weight excluding hydrogens is 348 g/mol. The van der Waals surface area contributed by atoms with E-state index < -0.39 is 0 Å². The van der Waals surface area contributed by atoms with Gasteiger partial charge >= 0.3 is 0 Å². The van der Waals surface area contributed by atoms with Crippen molar-refractivity contribution in [1.29, 1.82) is 5.41 Å². The molecule has 28 heavy (non-hydrogen) atoms. The van der Waals surface area contributed by atoms with Crippen molar-refractivity contribution in [3.05, 3.63) is 0 Å². The zero-order chi connectivity index (χ0) is 19.8. The van der Waals surface area contributed by atoms with Crippen LogP contribution in [0.5, 0.6) is 0 Å². The molecule has 5 heteroatoms. The van der Waals surface area contributed by atoms with Crippen LogP contribution in [0, 0.1) is 17.2 Å². The fraction of sp³-hybridized carbons (Fsp3) is 0.913. The van der Waals surface area contributed by atoms with Crippen LogP contribution in [0.4, 0.5) is 0 Å². The first-order valence-electron chi connectivity index (χ1n) is 12.0. The van der Waals surface area contributed by atoms with Gasteiger partial charge in [-0.25, -0.2) is 0 Å². The summed E-state index contributed by atoms with van der Waals surface area (Å²) >= 11 is 0. The Balaban J connectivity index is 1.32. The van der Waals surface area contributed by atoms with Crippen molar-refractivity contribution in [1.82, 2.24) is 15.1 Å². The van der Waals surface area contributed by atoms with E-state index in [0.717, 1.165) is 24.9 Å². The van der Waals surface area contributed by atoms with Crippen LogP contribution < -0.4 is 5.32 Å². The van der Waals surface area contributed by atoms with Crippen molar-refractivity contribution in [2.75, 3.05) is 26.7 Å². The van der Waals surface area contributed by atoms with Gasteiger partial charge in [-0.15, -0.1) is 0 Å². The second-order valence-corrected chi connectivity index (χ2v) is 9.51. The number of carbonyl (C=O) groups excluding carboxylic acids is 1. The molecule has 0 spiro atoms. The number of hydrogen-bond donors (Lipinski definition) is 2. The number of hydrogen-bond acceptors (Lipinski definition) is 3. The lowest BCUT2D eigenvalue weighted by atomic mass is 9.85. The molecule has 5 nitrogen and oxygen atoms in total. The number of carbonyl (C=O) groups is 1. The third kappa shape index (κ3) is 6.47. The van der Waals surface area contributed by atoms with Gasteiger partial charge in [-0.05, 0) is 69.9 Å². The van der Waals surface area contributed by atoms with Crippen LogP contribution in [0.25, 0.3) is 0 Å². The molecule has 0 bridgehead atoms. The average Bonchev–Trinajstić information content (AvgIpc) is 3.27. The Morgan fingerprint density at radius 1 is 1.00 bits per heavy atom. The van der Waals surface area contributed by atoms with E-state index in [1.165, 1.54) is 95.0 Å². The van der Waals surface area contributed by atoms with Gasteiger partial charge in [0.25, 0.3) is 0 Å². The highest BCUT2D eigenvalue weighted by Gasteiger charge is 2.28. The van der Waals surface area contributed by atoms with E-state index in [9.17, 15) is 4.79 Å². The first-order chi connectivity index (χ1) is 13.6. The molecule has 0 unspecified atom stereocenters. The van der Waals surface area contributed by atoms with E-state index in [1.54, 1.807) is 7.05 Å². The highest BCUT2D eigenvalue weighted by atomic mass is 16.2. The summed E-state index contributed by atoms with van der Waals surface area (Å²) in [6.45, 7) is 3.39. The Labute approximate surface area is 172 Å². The molecule has 1 saturated heterocycles. The first-order valence-corrected chi connectivity index (χ1v) is 12.0. The third-order valence-corrected chi connectivity index (χ3v) is 7.41. The maximum atomic E-state index is 12.4. The molecule has 2 saturated carbocycles. The molecule has 1 aliphatic heterocycles. The van der Waals surface area contributed by atoms with E-state index >= 15 is 0 Å². The molecule has 0 aromatic heterocycles. The maximum Gasteiger partial charge on any atom is 0.229 e. The lowest BCUT2D eigenvalue weighted by Crippen LogP contribution is -2.45. The number of rotatable bonds is 7. The fourth-order valence-corrected chi connectivity index (χ4v) is 5.56. The van der Waals surface area contributed by atoms with Gasteiger partial charge in [-0.1, -0.05) is 38.5 Å². The summed E-state index contributed by atoms with van der Waals surface area (Å²) in [5, 5.41) is 11.5. The predicted molar refractivity (Wildman–Crippen MR) is 115 cm³/mol. The SMILES string of the molecule is CN(C(=N)NC[C@@H]1CCC[C@@H](N2CCCC2)C1)C(=O)CCCC1CCCCC1. The van der Waals surface area contributed by atoms with Crippen molar-refractivity contribution >= 4 is 11.9 Å². The molecule has 3 rings (SSSR count). The molecule has 1 heterocycles. The smallest absolute Gasteiger partial charge is 0.229 e. The van der Waals surface area contributed by atoms with E-state index in [0.29, 0.717) is 12.3 Å². The minimum atomic E-state index is 0.0897. The van der Waals surface area contributed by atoms with Gasteiger partial charge < -0.3 is 10.2 Å². The van der Waals surface area contributed by atoms with Crippen molar-refractivity contribution in [3.63, 3.8) is 0 Å². The van der Waals surface area contributed by atoms with Gasteiger partial charge in [0, 0.05) is 26.1 Å². The molecule has 2 N–H and O–H groups in total. The number of nitrogens with one attached hydrogen (secondary N) is 2. The molecule has 0 radical (unpaired) electrons. The average molecular weight is 391 g/mol. The van der Waals surface area contributed by atoms with Crippen LogP contribution >= 0.6 is 0 Å². The Morgan fingerprint density at radius 2 is 1.71 bits per heavy atom. The lowest BCUT2D eigenvalue weighted by molar-refractivity contribution is -0.126. The second-order valence-electron chi connectivity index (χ2n) is 9.51. The number of nitrogens with zero attached hydrogens (tertiary/aromatic N) is 2. The molecular formula is C23H42N4O. The van der Waals surface area contributed by atoms with Gasteiger partial charge in [0.15, 0.2) is 5.96 Å². The summed E-state index contributed by atoms with van der Waals surface area (Å²) in [5.74, 6) is 1.84. The molecule has 160 valence electrons. The molecule has 3 fully saturated rings. The van der Waals surface area contributed by atoms with E-state index in [4.69, 9.17) is 5.41 Å². The highest BCUT2D eigenvalue weighted by molar-refractivity contribution is 5.95. The molecule has 2 aliphatic carbocycles. The summed E-state index contributed by atoms with van der Waals surface area (Å²) in [6, 6.07) is 0.747. The van der Waals surface area contributed by atoms with Crippen LogP contribution in [0.2, 0.25) is 0 Å². The second kappa shape index (κ2) is 11.2. The van der Waals surface area contributed by atoms with Crippen molar-refractivity contribution in [2.45, 2.75) is 95.9 Å². The Bertz CT molecular complexity index is 497. The minimum Gasteiger partial charge on any atom is -0.356 e. The van der Waals surface area contributed by atoms with E-state index in [2.05, 4.69) is 10.2 Å². The highest BCUT2D eigenvalue weighted by Crippen LogP contribution is 2.30. The zero-order valence-electron chi connectivity index (χ0n) is 18.1. The van der Waals surface area contributed by atoms with E-state index in [1.807, 2.05) is 0 Å². The van der Waals surface area contributed by atoms with Crippen LogP contribution in [-0.2, 0) is 4.79 Å². The van der Waals surface area contributed by atoms with Crippen LogP contribution in [0.3, 0.4) is 0 Å². The van der Waals surface area contributed by atoms with Gasteiger partial charge in [0.05, 0.1) is 0 Å². The molecule has 2 atom stereocenters. The Hall–Kier alpha value is -1.10. The van der Waals surface area contributed by atoms with Crippen molar-refractivity contribution in [2.24, 2.45) is 11.8 Å². The topological polar surface area (TPSA) is 59.4 Å². The largest absolute Gasteiger partial charge is 0.356 e.